The first kappa shape index (κ1) is 22.4. The number of benzene rings is 1. The first-order valence-corrected chi connectivity index (χ1v) is 10.7. The number of carbonyl (C=O) groups excluding carboxylic acids is 1. The van der Waals surface area contributed by atoms with E-state index in [1.807, 2.05) is 50.2 Å². The monoisotopic (exact) mass is 438 g/mol. The number of rotatable bonds is 8. The molecule has 7 nitrogen and oxygen atoms in total. The Balaban J connectivity index is 1.79. The van der Waals surface area contributed by atoms with Gasteiger partial charge in [-0.2, -0.15) is 0 Å². The van der Waals surface area contributed by atoms with Crippen LogP contribution in [-0.4, -0.2) is 44.2 Å². The number of hydrogen-bond acceptors (Lipinski definition) is 7. The molecule has 0 saturated heterocycles. The van der Waals surface area contributed by atoms with Crippen molar-refractivity contribution in [3.05, 3.63) is 65.5 Å². The lowest BCUT2D eigenvalue weighted by atomic mass is 10.2. The second-order valence-electron chi connectivity index (χ2n) is 7.03. The van der Waals surface area contributed by atoms with Crippen molar-refractivity contribution in [2.45, 2.75) is 17.7 Å². The van der Waals surface area contributed by atoms with Crippen LogP contribution in [0.4, 0.5) is 11.5 Å². The van der Waals surface area contributed by atoms with E-state index in [0.29, 0.717) is 16.3 Å². The number of carbonyl (C=O) groups is 1. The van der Waals surface area contributed by atoms with Gasteiger partial charge in [0.1, 0.15) is 22.3 Å². The third kappa shape index (κ3) is 5.46. The minimum atomic E-state index is -0.212. The fourth-order valence-corrected chi connectivity index (χ4v) is 3.86. The number of aryl methyl sites for hydroxylation is 1. The van der Waals surface area contributed by atoms with Crippen molar-refractivity contribution in [1.82, 2.24) is 9.97 Å². The number of nitrogens with one attached hydrogen (secondary N) is 1. The molecule has 1 N–H and O–H groups in total. The number of anilines is 2. The lowest BCUT2D eigenvalue weighted by Gasteiger charge is -2.15. The van der Waals surface area contributed by atoms with Crippen LogP contribution >= 0.6 is 11.8 Å². The molecule has 0 aliphatic rings. The highest BCUT2D eigenvalue weighted by Gasteiger charge is 2.16. The van der Waals surface area contributed by atoms with E-state index in [9.17, 15) is 4.79 Å². The van der Waals surface area contributed by atoms with Crippen molar-refractivity contribution < 1.29 is 14.3 Å². The molecule has 1 aromatic carbocycles. The van der Waals surface area contributed by atoms with E-state index in [2.05, 4.69) is 15.3 Å². The Labute approximate surface area is 186 Å². The summed E-state index contributed by atoms with van der Waals surface area (Å²) in [4.78, 5) is 23.7. The minimum absolute atomic E-state index is 0.212. The number of hydrogen-bond donors (Lipinski definition) is 1. The van der Waals surface area contributed by atoms with Crippen LogP contribution in [0.15, 0.2) is 53.8 Å². The van der Waals surface area contributed by atoms with Crippen LogP contribution in [0.25, 0.3) is 0 Å². The largest absolute Gasteiger partial charge is 0.497 e. The number of pyridine rings is 2. The van der Waals surface area contributed by atoms with Gasteiger partial charge >= 0.3 is 0 Å². The van der Waals surface area contributed by atoms with Crippen molar-refractivity contribution in [2.24, 2.45) is 0 Å². The van der Waals surface area contributed by atoms with Gasteiger partial charge in [0.25, 0.3) is 5.91 Å². The molecule has 0 unspecified atom stereocenters. The quantitative estimate of drug-likeness (QED) is 0.522. The fraction of sp³-hybridized carbons (Fsp3) is 0.261. The zero-order valence-corrected chi connectivity index (χ0v) is 19.1. The Bertz CT molecular complexity index is 1070. The Morgan fingerprint density at radius 3 is 2.65 bits per heavy atom. The molecule has 0 atom stereocenters. The topological polar surface area (TPSA) is 76.6 Å². The van der Waals surface area contributed by atoms with Gasteiger partial charge in [-0.15, -0.1) is 11.8 Å². The SMILES string of the molecule is COc1ccc(CSc2ncccc2C(=O)Nc2cc(N(C)C)ncc2C)c(OC)c1. The maximum absolute atomic E-state index is 13.0. The van der Waals surface area contributed by atoms with Gasteiger partial charge in [-0.1, -0.05) is 6.07 Å². The molecule has 8 heteroatoms. The average Bonchev–Trinajstić information content (AvgIpc) is 2.78. The molecule has 2 heterocycles. The first-order chi connectivity index (χ1) is 14.9. The summed E-state index contributed by atoms with van der Waals surface area (Å²) in [5.74, 6) is 2.62. The van der Waals surface area contributed by atoms with E-state index >= 15 is 0 Å². The van der Waals surface area contributed by atoms with Gasteiger partial charge in [-0.05, 0) is 30.7 Å². The zero-order valence-electron chi connectivity index (χ0n) is 18.3. The Morgan fingerprint density at radius 1 is 1.13 bits per heavy atom. The van der Waals surface area contributed by atoms with Crippen LogP contribution in [0.5, 0.6) is 11.5 Å². The predicted molar refractivity (Wildman–Crippen MR) is 125 cm³/mol. The summed E-state index contributed by atoms with van der Waals surface area (Å²) in [6, 6.07) is 11.1. The molecule has 0 spiro atoms. The highest BCUT2D eigenvalue weighted by Crippen LogP contribution is 2.31. The summed E-state index contributed by atoms with van der Waals surface area (Å²) < 4.78 is 10.7. The standard InChI is InChI=1S/C23H26N4O3S/c1-15-13-25-21(27(2)3)12-19(15)26-22(28)18-7-6-10-24-23(18)31-14-16-8-9-17(29-4)11-20(16)30-5/h6-13H,14H2,1-5H3,(H,25,26,28). The maximum atomic E-state index is 13.0. The van der Waals surface area contributed by atoms with Gasteiger partial charge in [0.2, 0.25) is 0 Å². The van der Waals surface area contributed by atoms with Crippen molar-refractivity contribution in [1.29, 1.82) is 0 Å². The highest BCUT2D eigenvalue weighted by atomic mass is 32.2. The van der Waals surface area contributed by atoms with Gasteiger partial charge in [0.15, 0.2) is 0 Å². The number of nitrogens with zero attached hydrogens (tertiary/aromatic N) is 3. The van der Waals surface area contributed by atoms with E-state index in [4.69, 9.17) is 9.47 Å². The molecule has 31 heavy (non-hydrogen) atoms. The molecule has 162 valence electrons. The van der Waals surface area contributed by atoms with Crippen LogP contribution in [-0.2, 0) is 5.75 Å². The summed E-state index contributed by atoms with van der Waals surface area (Å²) in [6.07, 6.45) is 3.44. The summed E-state index contributed by atoms with van der Waals surface area (Å²) in [7, 11) is 7.06. The number of aromatic nitrogens is 2. The molecular weight excluding hydrogens is 412 g/mol. The van der Waals surface area contributed by atoms with E-state index < -0.39 is 0 Å². The summed E-state index contributed by atoms with van der Waals surface area (Å²) in [5, 5.41) is 3.65. The Hall–Kier alpha value is -3.26. The lowest BCUT2D eigenvalue weighted by molar-refractivity contribution is 0.102. The van der Waals surface area contributed by atoms with E-state index in [1.165, 1.54) is 11.8 Å². The number of amides is 1. The first-order valence-electron chi connectivity index (χ1n) is 9.67. The molecule has 3 aromatic rings. The van der Waals surface area contributed by atoms with Crippen molar-refractivity contribution in [3.63, 3.8) is 0 Å². The third-order valence-electron chi connectivity index (χ3n) is 4.67. The predicted octanol–water partition coefficient (Wildman–Crippen LogP) is 4.41. The molecule has 0 aliphatic carbocycles. The highest BCUT2D eigenvalue weighted by molar-refractivity contribution is 7.98. The van der Waals surface area contributed by atoms with Gasteiger partial charge in [0.05, 0.1) is 19.8 Å². The summed E-state index contributed by atoms with van der Waals surface area (Å²) >= 11 is 1.48. The average molecular weight is 439 g/mol. The fourth-order valence-electron chi connectivity index (χ4n) is 2.88. The molecule has 0 radical (unpaired) electrons. The second-order valence-corrected chi connectivity index (χ2v) is 7.99. The molecular formula is C23H26N4O3S. The molecule has 2 aromatic heterocycles. The van der Waals surface area contributed by atoms with Gasteiger partial charge < -0.3 is 19.7 Å². The summed E-state index contributed by atoms with van der Waals surface area (Å²) in [6.45, 7) is 1.91. The number of methoxy groups -OCH3 is 2. The van der Waals surface area contributed by atoms with Crippen LogP contribution < -0.4 is 19.7 Å². The molecule has 0 fully saturated rings. The van der Waals surface area contributed by atoms with E-state index in [0.717, 1.165) is 34.1 Å². The molecule has 0 bridgehead atoms. The molecule has 3 rings (SSSR count). The van der Waals surface area contributed by atoms with E-state index in [-0.39, 0.29) is 5.91 Å². The lowest BCUT2D eigenvalue weighted by Crippen LogP contribution is -2.16. The van der Waals surface area contributed by atoms with Crippen molar-refractivity contribution in [3.8, 4) is 11.5 Å². The van der Waals surface area contributed by atoms with Gasteiger partial charge in [0, 0.05) is 55.6 Å². The zero-order chi connectivity index (χ0) is 22.4. The second kappa shape index (κ2) is 10.2. The number of thioether (sulfide) groups is 1. The smallest absolute Gasteiger partial charge is 0.258 e. The van der Waals surface area contributed by atoms with Crippen LogP contribution in [0.1, 0.15) is 21.5 Å². The third-order valence-corrected chi connectivity index (χ3v) is 5.72. The molecule has 0 saturated carbocycles. The van der Waals surface area contributed by atoms with Crippen molar-refractivity contribution >= 4 is 29.2 Å². The normalized spacial score (nSPS) is 10.5. The van der Waals surface area contributed by atoms with E-state index in [1.54, 1.807) is 38.7 Å². The van der Waals surface area contributed by atoms with Crippen LogP contribution in [0.2, 0.25) is 0 Å². The van der Waals surface area contributed by atoms with Crippen LogP contribution in [0.3, 0.4) is 0 Å². The Morgan fingerprint density at radius 2 is 1.94 bits per heavy atom. The molecule has 1 amide bonds. The van der Waals surface area contributed by atoms with Crippen molar-refractivity contribution in [2.75, 3.05) is 38.5 Å². The number of ether oxygens (including phenoxy) is 2. The Kier molecular flexibility index (Phi) is 7.36. The molecule has 0 aliphatic heterocycles. The summed E-state index contributed by atoms with van der Waals surface area (Å²) in [5.41, 5.74) is 3.12. The van der Waals surface area contributed by atoms with Gasteiger partial charge in [-0.25, -0.2) is 9.97 Å². The maximum Gasteiger partial charge on any atom is 0.258 e. The van der Waals surface area contributed by atoms with Gasteiger partial charge in [-0.3, -0.25) is 4.79 Å². The minimum Gasteiger partial charge on any atom is -0.497 e. The van der Waals surface area contributed by atoms with Crippen LogP contribution in [0, 0.1) is 6.92 Å².